The van der Waals surface area contributed by atoms with Gasteiger partial charge < -0.3 is 4.74 Å². The molecule has 0 saturated carbocycles. The first-order chi connectivity index (χ1) is 8.28. The number of benzene rings is 2. The first kappa shape index (κ1) is 12.1. The monoisotopic (exact) mass is 244 g/mol. The van der Waals surface area contributed by atoms with Crippen molar-refractivity contribution in [2.75, 3.05) is 6.26 Å². The number of aryl methyl sites for hydroxylation is 1. The summed E-state index contributed by atoms with van der Waals surface area (Å²) in [6.07, 6.45) is 2.07. The molecule has 2 rings (SSSR count). The van der Waals surface area contributed by atoms with Crippen molar-refractivity contribution in [3.8, 4) is 5.75 Å². The molecule has 0 aliphatic rings. The summed E-state index contributed by atoms with van der Waals surface area (Å²) in [7, 11) is 0. The Hall–Kier alpha value is -1.41. The molecule has 2 heteroatoms. The first-order valence-electron chi connectivity index (χ1n) is 5.60. The standard InChI is InChI=1S/C15H16OS/c1-12-4-3-5-13(10-12)11-16-14-6-8-15(17-2)9-7-14/h3-10H,11H2,1-2H3. The lowest BCUT2D eigenvalue weighted by Crippen LogP contribution is -1.95. The van der Waals surface area contributed by atoms with E-state index in [1.54, 1.807) is 11.8 Å². The van der Waals surface area contributed by atoms with Crippen LogP contribution in [0.4, 0.5) is 0 Å². The Morgan fingerprint density at radius 1 is 1.06 bits per heavy atom. The van der Waals surface area contributed by atoms with Crippen LogP contribution in [-0.2, 0) is 6.61 Å². The van der Waals surface area contributed by atoms with E-state index < -0.39 is 0 Å². The summed E-state index contributed by atoms with van der Waals surface area (Å²) < 4.78 is 5.74. The molecule has 0 fully saturated rings. The molecular formula is C15H16OS. The van der Waals surface area contributed by atoms with Crippen molar-refractivity contribution in [2.45, 2.75) is 18.4 Å². The summed E-state index contributed by atoms with van der Waals surface area (Å²) in [5.74, 6) is 0.921. The third-order valence-corrected chi connectivity index (χ3v) is 3.29. The van der Waals surface area contributed by atoms with E-state index in [9.17, 15) is 0 Å². The fourth-order valence-corrected chi connectivity index (χ4v) is 2.05. The predicted molar refractivity (Wildman–Crippen MR) is 73.7 cm³/mol. The van der Waals surface area contributed by atoms with Crippen LogP contribution < -0.4 is 4.74 Å². The van der Waals surface area contributed by atoms with Crippen molar-refractivity contribution >= 4 is 11.8 Å². The molecule has 0 bridgehead atoms. The van der Waals surface area contributed by atoms with E-state index in [1.165, 1.54) is 16.0 Å². The van der Waals surface area contributed by atoms with Gasteiger partial charge in [-0.15, -0.1) is 11.8 Å². The first-order valence-corrected chi connectivity index (χ1v) is 6.83. The predicted octanol–water partition coefficient (Wildman–Crippen LogP) is 4.30. The highest BCUT2D eigenvalue weighted by molar-refractivity contribution is 7.98. The maximum atomic E-state index is 5.74. The molecule has 88 valence electrons. The van der Waals surface area contributed by atoms with Crippen LogP contribution in [0, 0.1) is 6.92 Å². The van der Waals surface area contributed by atoms with Crippen molar-refractivity contribution < 1.29 is 4.74 Å². The highest BCUT2D eigenvalue weighted by Crippen LogP contribution is 2.19. The SMILES string of the molecule is CSc1ccc(OCc2cccc(C)c2)cc1. The molecule has 0 unspecified atom stereocenters. The number of hydrogen-bond acceptors (Lipinski definition) is 2. The maximum Gasteiger partial charge on any atom is 0.119 e. The van der Waals surface area contributed by atoms with E-state index in [-0.39, 0.29) is 0 Å². The van der Waals surface area contributed by atoms with Crippen LogP contribution in [0.3, 0.4) is 0 Å². The molecule has 0 aliphatic carbocycles. The second kappa shape index (κ2) is 5.78. The van der Waals surface area contributed by atoms with Gasteiger partial charge in [-0.3, -0.25) is 0 Å². The van der Waals surface area contributed by atoms with Gasteiger partial charge in [-0.2, -0.15) is 0 Å². The molecule has 1 nitrogen and oxygen atoms in total. The zero-order valence-corrected chi connectivity index (χ0v) is 11.0. The Morgan fingerprint density at radius 2 is 1.82 bits per heavy atom. The number of ether oxygens (including phenoxy) is 1. The average molecular weight is 244 g/mol. The minimum atomic E-state index is 0.625. The minimum absolute atomic E-state index is 0.625. The second-order valence-electron chi connectivity index (χ2n) is 3.95. The summed E-state index contributed by atoms with van der Waals surface area (Å²) in [6, 6.07) is 16.6. The number of rotatable bonds is 4. The van der Waals surface area contributed by atoms with E-state index in [0.29, 0.717) is 6.61 Å². The number of thioether (sulfide) groups is 1. The Bertz CT molecular complexity index is 477. The van der Waals surface area contributed by atoms with Gasteiger partial charge in [0, 0.05) is 4.90 Å². The quantitative estimate of drug-likeness (QED) is 0.742. The van der Waals surface area contributed by atoms with Crippen LogP contribution in [0.2, 0.25) is 0 Å². The topological polar surface area (TPSA) is 9.23 Å². The summed E-state index contributed by atoms with van der Waals surface area (Å²) in [5.41, 5.74) is 2.47. The Morgan fingerprint density at radius 3 is 2.47 bits per heavy atom. The summed E-state index contributed by atoms with van der Waals surface area (Å²) in [5, 5.41) is 0. The van der Waals surface area contributed by atoms with Gasteiger partial charge in [0.1, 0.15) is 12.4 Å². The van der Waals surface area contributed by atoms with Crippen LogP contribution in [0.5, 0.6) is 5.75 Å². The van der Waals surface area contributed by atoms with Gasteiger partial charge in [0.05, 0.1) is 0 Å². The average Bonchev–Trinajstić information content (AvgIpc) is 2.37. The van der Waals surface area contributed by atoms with E-state index in [0.717, 1.165) is 5.75 Å². The third kappa shape index (κ3) is 3.53. The lowest BCUT2D eigenvalue weighted by Gasteiger charge is -2.07. The third-order valence-electron chi connectivity index (χ3n) is 2.55. The fourth-order valence-electron chi connectivity index (χ4n) is 1.64. The van der Waals surface area contributed by atoms with Crippen molar-refractivity contribution in [2.24, 2.45) is 0 Å². The molecule has 0 radical (unpaired) electrons. The van der Waals surface area contributed by atoms with E-state index in [2.05, 4.69) is 49.6 Å². The molecule has 17 heavy (non-hydrogen) atoms. The second-order valence-corrected chi connectivity index (χ2v) is 4.83. The largest absolute Gasteiger partial charge is 0.489 e. The van der Waals surface area contributed by atoms with Crippen LogP contribution in [0.15, 0.2) is 53.4 Å². The van der Waals surface area contributed by atoms with E-state index >= 15 is 0 Å². The van der Waals surface area contributed by atoms with Gasteiger partial charge in [-0.1, -0.05) is 29.8 Å². The van der Waals surface area contributed by atoms with Crippen LogP contribution >= 0.6 is 11.8 Å². The molecule has 0 aliphatic heterocycles. The zero-order valence-electron chi connectivity index (χ0n) is 10.1. The van der Waals surface area contributed by atoms with Crippen molar-refractivity contribution in [1.82, 2.24) is 0 Å². The van der Waals surface area contributed by atoms with Crippen LogP contribution in [-0.4, -0.2) is 6.26 Å². The number of hydrogen-bond donors (Lipinski definition) is 0. The minimum Gasteiger partial charge on any atom is -0.489 e. The molecule has 0 saturated heterocycles. The van der Waals surface area contributed by atoms with E-state index in [4.69, 9.17) is 4.74 Å². The molecule has 2 aromatic carbocycles. The molecule has 0 aromatic heterocycles. The van der Waals surface area contributed by atoms with Gasteiger partial charge in [-0.05, 0) is 43.0 Å². The molecule has 0 atom stereocenters. The highest BCUT2D eigenvalue weighted by atomic mass is 32.2. The molecule has 0 N–H and O–H groups in total. The van der Waals surface area contributed by atoms with Crippen molar-refractivity contribution in [3.63, 3.8) is 0 Å². The highest BCUT2D eigenvalue weighted by Gasteiger charge is 1.97. The van der Waals surface area contributed by atoms with Gasteiger partial charge in [0.25, 0.3) is 0 Å². The van der Waals surface area contributed by atoms with Crippen LogP contribution in [0.1, 0.15) is 11.1 Å². The molecule has 0 spiro atoms. The Labute approximate surface area is 107 Å². The maximum absolute atomic E-state index is 5.74. The van der Waals surface area contributed by atoms with Gasteiger partial charge in [0.2, 0.25) is 0 Å². The molecule has 0 amide bonds. The van der Waals surface area contributed by atoms with Gasteiger partial charge in [-0.25, -0.2) is 0 Å². The van der Waals surface area contributed by atoms with Crippen LogP contribution in [0.25, 0.3) is 0 Å². The van der Waals surface area contributed by atoms with Crippen molar-refractivity contribution in [1.29, 1.82) is 0 Å². The molecule has 2 aromatic rings. The Balaban J connectivity index is 1.97. The summed E-state index contributed by atoms with van der Waals surface area (Å²) in [6.45, 7) is 2.72. The lowest BCUT2D eigenvalue weighted by molar-refractivity contribution is 0.306. The normalized spacial score (nSPS) is 10.2. The zero-order chi connectivity index (χ0) is 12.1. The summed E-state index contributed by atoms with van der Waals surface area (Å²) in [4.78, 5) is 1.26. The van der Waals surface area contributed by atoms with Crippen molar-refractivity contribution in [3.05, 3.63) is 59.7 Å². The van der Waals surface area contributed by atoms with Gasteiger partial charge >= 0.3 is 0 Å². The smallest absolute Gasteiger partial charge is 0.119 e. The fraction of sp³-hybridized carbons (Fsp3) is 0.200. The van der Waals surface area contributed by atoms with Gasteiger partial charge in [0.15, 0.2) is 0 Å². The lowest BCUT2D eigenvalue weighted by atomic mass is 10.1. The summed E-state index contributed by atoms with van der Waals surface area (Å²) >= 11 is 1.74. The Kier molecular flexibility index (Phi) is 4.10. The molecular weight excluding hydrogens is 228 g/mol. The van der Waals surface area contributed by atoms with E-state index in [1.807, 2.05) is 12.1 Å². The molecule has 0 heterocycles.